The van der Waals surface area contributed by atoms with Crippen LogP contribution >= 0.6 is 0 Å². The molecular weight excluding hydrogens is 300 g/mol. The number of allylic oxidation sites excluding steroid dienone is 1. The number of fused-ring (bicyclic) bond motifs is 2. The molecule has 0 amide bonds. The van der Waals surface area contributed by atoms with Gasteiger partial charge >= 0.3 is 0 Å². The molecule has 0 heterocycles. The van der Waals surface area contributed by atoms with E-state index in [-0.39, 0.29) is 0 Å². The van der Waals surface area contributed by atoms with Gasteiger partial charge in [0.2, 0.25) is 0 Å². The van der Waals surface area contributed by atoms with Crippen molar-refractivity contribution in [3.05, 3.63) is 76.9 Å². The smallest absolute Gasteiger partial charge is 0.00575 e. The molecule has 0 saturated carbocycles. The first-order valence-electron chi connectivity index (χ1n) is 9.51. The fraction of sp³-hybridized carbons (Fsp3) is 0.280. The number of hydrogen-bond acceptors (Lipinski definition) is 0. The third kappa shape index (κ3) is 3.02. The highest BCUT2D eigenvalue weighted by atomic mass is 14.2. The first-order chi connectivity index (χ1) is 12.2. The van der Waals surface area contributed by atoms with Crippen LogP contribution in [0.5, 0.6) is 0 Å². The van der Waals surface area contributed by atoms with E-state index in [1.54, 1.807) is 5.57 Å². The van der Waals surface area contributed by atoms with Crippen LogP contribution in [0.25, 0.3) is 28.0 Å². The van der Waals surface area contributed by atoms with Crippen molar-refractivity contribution in [3.8, 4) is 11.1 Å². The summed E-state index contributed by atoms with van der Waals surface area (Å²) in [6, 6.07) is 20.4. The Morgan fingerprint density at radius 1 is 0.920 bits per heavy atom. The molecule has 0 nitrogen and oxygen atoms in total. The molecule has 3 aromatic carbocycles. The van der Waals surface area contributed by atoms with E-state index in [0.717, 1.165) is 6.42 Å². The van der Waals surface area contributed by atoms with Gasteiger partial charge in [-0.25, -0.2) is 0 Å². The topological polar surface area (TPSA) is 0 Å². The van der Waals surface area contributed by atoms with Crippen molar-refractivity contribution in [2.24, 2.45) is 0 Å². The van der Waals surface area contributed by atoms with Crippen LogP contribution in [0.1, 0.15) is 56.2 Å². The number of benzene rings is 3. The zero-order valence-corrected chi connectivity index (χ0v) is 15.5. The quantitative estimate of drug-likeness (QED) is 0.469. The fourth-order valence-electron chi connectivity index (χ4n) is 3.97. The summed E-state index contributed by atoms with van der Waals surface area (Å²) in [6.45, 7) is 6.86. The molecule has 0 atom stereocenters. The van der Waals surface area contributed by atoms with Crippen molar-refractivity contribution < 1.29 is 0 Å². The van der Waals surface area contributed by atoms with Crippen LogP contribution in [-0.2, 0) is 6.42 Å². The van der Waals surface area contributed by atoms with Gasteiger partial charge in [-0.1, -0.05) is 87.4 Å². The summed E-state index contributed by atoms with van der Waals surface area (Å²) in [5.41, 5.74) is 8.74. The minimum atomic E-state index is 0.555. The standard InChI is InChI=1S/C25H26/c1-4-7-18-12-23-15-22(17(2)3)16-25(24(23)13-18)21-11-10-19-8-5-6-9-20(19)14-21/h5-6,8-11,13-17H,4,7,12H2,1-3H3. The molecule has 0 unspecified atom stereocenters. The predicted octanol–water partition coefficient (Wildman–Crippen LogP) is 7.37. The van der Waals surface area contributed by atoms with Gasteiger partial charge in [-0.3, -0.25) is 0 Å². The molecule has 0 aliphatic heterocycles. The Bertz CT molecular complexity index is 957. The molecule has 25 heavy (non-hydrogen) atoms. The van der Waals surface area contributed by atoms with Gasteiger partial charge in [0.1, 0.15) is 0 Å². The maximum atomic E-state index is 2.45. The Morgan fingerprint density at radius 3 is 2.48 bits per heavy atom. The van der Waals surface area contributed by atoms with Crippen LogP contribution in [0.4, 0.5) is 0 Å². The molecule has 0 fully saturated rings. The number of rotatable bonds is 4. The predicted molar refractivity (Wildman–Crippen MR) is 110 cm³/mol. The highest BCUT2D eigenvalue weighted by molar-refractivity contribution is 5.90. The summed E-state index contributed by atoms with van der Waals surface area (Å²) >= 11 is 0. The van der Waals surface area contributed by atoms with E-state index < -0.39 is 0 Å². The normalized spacial score (nSPS) is 13.4. The lowest BCUT2D eigenvalue weighted by Gasteiger charge is -2.15. The van der Waals surface area contributed by atoms with Crippen LogP contribution in [0.15, 0.2) is 60.2 Å². The maximum Gasteiger partial charge on any atom is -0.00575 e. The van der Waals surface area contributed by atoms with Crippen molar-refractivity contribution in [1.29, 1.82) is 0 Å². The van der Waals surface area contributed by atoms with Gasteiger partial charge in [0, 0.05) is 0 Å². The van der Waals surface area contributed by atoms with Crippen molar-refractivity contribution in [3.63, 3.8) is 0 Å². The molecular formula is C25H26. The summed E-state index contributed by atoms with van der Waals surface area (Å²) in [5, 5.41) is 2.63. The summed E-state index contributed by atoms with van der Waals surface area (Å²) in [7, 11) is 0. The Kier molecular flexibility index (Phi) is 4.21. The summed E-state index contributed by atoms with van der Waals surface area (Å²) in [5.74, 6) is 0.555. The molecule has 0 bridgehead atoms. The van der Waals surface area contributed by atoms with Crippen molar-refractivity contribution in [2.45, 2.75) is 46.0 Å². The number of hydrogen-bond donors (Lipinski definition) is 0. The lowest BCUT2D eigenvalue weighted by atomic mass is 9.90. The highest BCUT2D eigenvalue weighted by Gasteiger charge is 2.19. The monoisotopic (exact) mass is 326 g/mol. The second kappa shape index (κ2) is 6.52. The van der Waals surface area contributed by atoms with E-state index in [1.165, 1.54) is 51.4 Å². The molecule has 4 rings (SSSR count). The van der Waals surface area contributed by atoms with E-state index in [9.17, 15) is 0 Å². The van der Waals surface area contributed by atoms with E-state index in [1.807, 2.05) is 0 Å². The van der Waals surface area contributed by atoms with Crippen LogP contribution < -0.4 is 0 Å². The van der Waals surface area contributed by atoms with E-state index in [4.69, 9.17) is 0 Å². The lowest BCUT2D eigenvalue weighted by Crippen LogP contribution is -1.95. The van der Waals surface area contributed by atoms with Crippen LogP contribution in [0.2, 0.25) is 0 Å². The molecule has 0 N–H and O–H groups in total. The van der Waals surface area contributed by atoms with Gasteiger partial charge in [-0.2, -0.15) is 0 Å². The van der Waals surface area contributed by atoms with Crippen LogP contribution in [0.3, 0.4) is 0 Å². The average Bonchev–Trinajstić information content (AvgIpc) is 3.03. The molecule has 0 heteroatoms. The van der Waals surface area contributed by atoms with Crippen molar-refractivity contribution in [2.75, 3.05) is 0 Å². The zero-order valence-electron chi connectivity index (χ0n) is 15.5. The molecule has 0 saturated heterocycles. The Labute approximate surface area is 151 Å². The summed E-state index contributed by atoms with van der Waals surface area (Å²) in [6.07, 6.45) is 6.02. The van der Waals surface area contributed by atoms with Gasteiger partial charge in [-0.15, -0.1) is 0 Å². The van der Waals surface area contributed by atoms with Gasteiger partial charge in [0.25, 0.3) is 0 Å². The third-order valence-corrected chi connectivity index (χ3v) is 5.35. The molecule has 1 aliphatic rings. The molecule has 0 aromatic heterocycles. The van der Waals surface area contributed by atoms with Crippen LogP contribution in [-0.4, -0.2) is 0 Å². The largest absolute Gasteiger partial charge is 0.0652 e. The Morgan fingerprint density at radius 2 is 1.72 bits per heavy atom. The Balaban J connectivity index is 1.89. The van der Waals surface area contributed by atoms with Crippen molar-refractivity contribution >= 4 is 16.8 Å². The highest BCUT2D eigenvalue weighted by Crippen LogP contribution is 2.38. The first kappa shape index (κ1) is 16.1. The van der Waals surface area contributed by atoms with Gasteiger partial charge in [0.15, 0.2) is 0 Å². The SMILES string of the molecule is CCCC1=Cc2c(cc(C(C)C)cc2-c2ccc3ccccc3c2)C1. The Hall–Kier alpha value is -2.34. The summed E-state index contributed by atoms with van der Waals surface area (Å²) in [4.78, 5) is 0. The molecule has 126 valence electrons. The molecule has 0 radical (unpaired) electrons. The second-order valence-corrected chi connectivity index (χ2v) is 7.59. The fourth-order valence-corrected chi connectivity index (χ4v) is 3.97. The first-order valence-corrected chi connectivity index (χ1v) is 9.51. The summed E-state index contributed by atoms with van der Waals surface area (Å²) < 4.78 is 0. The third-order valence-electron chi connectivity index (χ3n) is 5.35. The van der Waals surface area contributed by atoms with Gasteiger partial charge < -0.3 is 0 Å². The van der Waals surface area contributed by atoms with Gasteiger partial charge in [0.05, 0.1) is 0 Å². The average molecular weight is 326 g/mol. The minimum Gasteiger partial charge on any atom is -0.0652 e. The van der Waals surface area contributed by atoms with E-state index in [0.29, 0.717) is 5.92 Å². The van der Waals surface area contributed by atoms with Gasteiger partial charge in [-0.05, 0) is 63.4 Å². The van der Waals surface area contributed by atoms with E-state index in [2.05, 4.69) is 81.4 Å². The molecule has 0 spiro atoms. The molecule has 1 aliphatic carbocycles. The second-order valence-electron chi connectivity index (χ2n) is 7.59. The van der Waals surface area contributed by atoms with Crippen molar-refractivity contribution in [1.82, 2.24) is 0 Å². The maximum absolute atomic E-state index is 2.45. The van der Waals surface area contributed by atoms with Crippen LogP contribution in [0, 0.1) is 0 Å². The van der Waals surface area contributed by atoms with E-state index >= 15 is 0 Å². The zero-order chi connectivity index (χ0) is 17.4. The lowest BCUT2D eigenvalue weighted by molar-refractivity contribution is 0.859. The minimum absolute atomic E-state index is 0.555. The molecule has 3 aromatic rings.